The van der Waals surface area contributed by atoms with E-state index in [1.807, 2.05) is 11.0 Å². The number of amides is 2. The lowest BCUT2D eigenvalue weighted by atomic mass is 9.90. The van der Waals surface area contributed by atoms with Gasteiger partial charge in [0, 0.05) is 57.8 Å². The van der Waals surface area contributed by atoms with Gasteiger partial charge in [0.05, 0.1) is 5.56 Å². The number of carbonyl (C=O) groups is 2. The number of rotatable bonds is 4. The predicted octanol–water partition coefficient (Wildman–Crippen LogP) is 3.55. The number of nitrogens with zero attached hydrogens (tertiary/aromatic N) is 3. The molecule has 5 rings (SSSR count). The molecule has 2 saturated heterocycles. The molecule has 5 nitrogen and oxygen atoms in total. The summed E-state index contributed by atoms with van der Waals surface area (Å²) in [6.07, 6.45) is 2.39. The number of hydrogen-bond donors (Lipinski definition) is 0. The van der Waals surface area contributed by atoms with Crippen LogP contribution in [-0.4, -0.2) is 65.8 Å². The molecule has 2 aromatic carbocycles. The fourth-order valence-corrected chi connectivity index (χ4v) is 5.43. The van der Waals surface area contributed by atoms with Gasteiger partial charge in [-0.1, -0.05) is 30.3 Å². The Hall–Kier alpha value is -2.80. The zero-order valence-electron chi connectivity index (χ0n) is 18.7. The van der Waals surface area contributed by atoms with Gasteiger partial charge in [-0.2, -0.15) is 0 Å². The molecule has 2 heterocycles. The summed E-state index contributed by atoms with van der Waals surface area (Å²) < 4.78 is 27.2. The number of likely N-dealkylation sites (tertiary alicyclic amines) is 1. The van der Waals surface area contributed by atoms with E-state index in [0.29, 0.717) is 13.1 Å². The first kappa shape index (κ1) is 22.0. The van der Waals surface area contributed by atoms with Crippen molar-refractivity contribution in [1.29, 1.82) is 0 Å². The fourth-order valence-electron chi connectivity index (χ4n) is 5.43. The Morgan fingerprint density at radius 2 is 1.58 bits per heavy atom. The highest BCUT2D eigenvalue weighted by Crippen LogP contribution is 2.60. The van der Waals surface area contributed by atoms with Gasteiger partial charge in [0.15, 0.2) is 0 Å². The van der Waals surface area contributed by atoms with Crippen molar-refractivity contribution in [2.75, 3.05) is 39.3 Å². The molecule has 1 atom stereocenters. The maximum atomic E-state index is 14.0. The van der Waals surface area contributed by atoms with E-state index in [9.17, 15) is 18.4 Å². The smallest absolute Gasteiger partial charge is 0.256 e. The van der Waals surface area contributed by atoms with Crippen LogP contribution in [0, 0.1) is 23.0 Å². The van der Waals surface area contributed by atoms with E-state index in [4.69, 9.17) is 0 Å². The zero-order valence-corrected chi connectivity index (χ0v) is 18.7. The van der Waals surface area contributed by atoms with E-state index in [2.05, 4.69) is 29.2 Å². The van der Waals surface area contributed by atoms with Crippen molar-refractivity contribution >= 4 is 11.8 Å². The fraction of sp³-hybridized carbons (Fsp3) is 0.462. The first-order chi connectivity index (χ1) is 15.9. The van der Waals surface area contributed by atoms with E-state index in [1.165, 1.54) is 11.6 Å². The molecule has 7 heteroatoms. The minimum atomic E-state index is -0.828. The quantitative estimate of drug-likeness (QED) is 0.711. The number of piperidine rings is 1. The van der Waals surface area contributed by atoms with Crippen LogP contribution in [0.15, 0.2) is 48.5 Å². The predicted molar refractivity (Wildman–Crippen MR) is 120 cm³/mol. The molecule has 0 N–H and O–H groups in total. The van der Waals surface area contributed by atoms with Crippen molar-refractivity contribution in [3.05, 3.63) is 71.3 Å². The van der Waals surface area contributed by atoms with Crippen molar-refractivity contribution in [2.24, 2.45) is 11.3 Å². The van der Waals surface area contributed by atoms with Gasteiger partial charge in [-0.05, 0) is 42.4 Å². The lowest BCUT2D eigenvalue weighted by Crippen LogP contribution is -2.49. The minimum absolute atomic E-state index is 0.0175. The normalized spacial score (nSPS) is 22.4. The monoisotopic (exact) mass is 453 g/mol. The molecule has 174 valence electrons. The molecule has 2 aromatic rings. The largest absolute Gasteiger partial charge is 0.340 e. The van der Waals surface area contributed by atoms with Gasteiger partial charge in [-0.15, -0.1) is 0 Å². The molecule has 3 aliphatic rings. The van der Waals surface area contributed by atoms with Crippen LogP contribution in [0.3, 0.4) is 0 Å². The topological polar surface area (TPSA) is 43.9 Å². The number of benzene rings is 2. The zero-order chi connectivity index (χ0) is 23.0. The van der Waals surface area contributed by atoms with Crippen molar-refractivity contribution in [3.8, 4) is 0 Å². The molecule has 0 radical (unpaired) electrons. The van der Waals surface area contributed by atoms with Crippen LogP contribution in [0.25, 0.3) is 0 Å². The second-order valence-corrected chi connectivity index (χ2v) is 9.62. The van der Waals surface area contributed by atoms with E-state index in [-0.39, 0.29) is 22.8 Å². The second-order valence-electron chi connectivity index (χ2n) is 9.62. The SMILES string of the molecule is O=C(c1ccc(F)cc1F)N1CCC2(CC1)C[C@H]2C(=O)N1CCN(Cc2ccccc2)CC1. The molecule has 0 aromatic heterocycles. The Balaban J connectivity index is 1.11. The molecular weight excluding hydrogens is 424 g/mol. The summed E-state index contributed by atoms with van der Waals surface area (Å²) in [4.78, 5) is 31.8. The number of halogens is 2. The molecular formula is C26H29F2N3O2. The Morgan fingerprint density at radius 1 is 0.879 bits per heavy atom. The lowest BCUT2D eigenvalue weighted by molar-refractivity contribution is -0.135. The summed E-state index contributed by atoms with van der Waals surface area (Å²) in [5, 5.41) is 0. The Morgan fingerprint density at radius 3 is 2.24 bits per heavy atom. The molecule has 1 spiro atoms. The van der Waals surface area contributed by atoms with Crippen molar-refractivity contribution < 1.29 is 18.4 Å². The van der Waals surface area contributed by atoms with Crippen LogP contribution >= 0.6 is 0 Å². The van der Waals surface area contributed by atoms with Crippen LogP contribution in [0.1, 0.15) is 35.2 Å². The Bertz CT molecular complexity index is 1030. The van der Waals surface area contributed by atoms with Gasteiger partial charge < -0.3 is 9.80 Å². The molecule has 33 heavy (non-hydrogen) atoms. The number of carbonyl (C=O) groups excluding carboxylic acids is 2. The van der Waals surface area contributed by atoms with E-state index in [1.54, 1.807) is 4.90 Å². The number of piperazine rings is 1. The lowest BCUT2D eigenvalue weighted by Gasteiger charge is -2.36. The highest BCUT2D eigenvalue weighted by molar-refractivity contribution is 5.94. The molecule has 2 aliphatic heterocycles. The molecule has 0 unspecified atom stereocenters. The summed E-state index contributed by atoms with van der Waals surface area (Å²) in [5.74, 6) is -1.63. The van der Waals surface area contributed by atoms with Gasteiger partial charge in [0.2, 0.25) is 5.91 Å². The van der Waals surface area contributed by atoms with Crippen LogP contribution in [-0.2, 0) is 11.3 Å². The van der Waals surface area contributed by atoms with E-state index < -0.39 is 17.5 Å². The molecule has 0 bridgehead atoms. The Labute approximate surface area is 193 Å². The first-order valence-corrected chi connectivity index (χ1v) is 11.7. The van der Waals surface area contributed by atoms with Crippen LogP contribution < -0.4 is 0 Å². The van der Waals surface area contributed by atoms with Crippen LogP contribution in [0.2, 0.25) is 0 Å². The maximum Gasteiger partial charge on any atom is 0.256 e. The molecule has 1 saturated carbocycles. The van der Waals surface area contributed by atoms with Gasteiger partial charge in [0.1, 0.15) is 11.6 Å². The first-order valence-electron chi connectivity index (χ1n) is 11.7. The van der Waals surface area contributed by atoms with Gasteiger partial charge in [-0.3, -0.25) is 14.5 Å². The average molecular weight is 454 g/mol. The maximum absolute atomic E-state index is 14.0. The van der Waals surface area contributed by atoms with E-state index >= 15 is 0 Å². The van der Waals surface area contributed by atoms with Crippen LogP contribution in [0.5, 0.6) is 0 Å². The third-order valence-electron chi connectivity index (χ3n) is 7.63. The highest BCUT2D eigenvalue weighted by atomic mass is 19.1. The second kappa shape index (κ2) is 8.86. The summed E-state index contributed by atoms with van der Waals surface area (Å²) in [6.45, 7) is 5.19. The van der Waals surface area contributed by atoms with Crippen LogP contribution in [0.4, 0.5) is 8.78 Å². The van der Waals surface area contributed by atoms with Crippen molar-refractivity contribution in [1.82, 2.24) is 14.7 Å². The highest BCUT2D eigenvalue weighted by Gasteiger charge is 2.59. The van der Waals surface area contributed by atoms with E-state index in [0.717, 1.165) is 64.1 Å². The molecule has 2 amide bonds. The standard InChI is InChI=1S/C26H29F2N3O2/c27-20-6-7-21(23(28)16-20)24(32)30-10-8-26(9-11-30)17-22(26)25(33)31-14-12-29(13-15-31)18-19-4-2-1-3-5-19/h1-7,16,22H,8-15,17-18H2/t22-/m0/s1. The summed E-state index contributed by atoms with van der Waals surface area (Å²) in [5.41, 5.74) is 1.18. The summed E-state index contributed by atoms with van der Waals surface area (Å²) in [6, 6.07) is 13.4. The number of hydrogen-bond acceptors (Lipinski definition) is 3. The molecule has 1 aliphatic carbocycles. The minimum Gasteiger partial charge on any atom is -0.340 e. The van der Waals surface area contributed by atoms with Crippen molar-refractivity contribution in [3.63, 3.8) is 0 Å². The molecule has 3 fully saturated rings. The average Bonchev–Trinajstić information content (AvgIpc) is 3.53. The summed E-state index contributed by atoms with van der Waals surface area (Å²) >= 11 is 0. The van der Waals surface area contributed by atoms with Crippen molar-refractivity contribution in [2.45, 2.75) is 25.8 Å². The Kier molecular flexibility index (Phi) is 5.91. The third-order valence-corrected chi connectivity index (χ3v) is 7.63. The van der Waals surface area contributed by atoms with Gasteiger partial charge >= 0.3 is 0 Å². The summed E-state index contributed by atoms with van der Waals surface area (Å²) in [7, 11) is 0. The van der Waals surface area contributed by atoms with Gasteiger partial charge in [-0.25, -0.2) is 8.78 Å². The third kappa shape index (κ3) is 4.51. The van der Waals surface area contributed by atoms with Gasteiger partial charge in [0.25, 0.3) is 5.91 Å².